The fourth-order valence-electron chi connectivity index (χ4n) is 2.65. The molecule has 0 aromatic heterocycles. The summed E-state index contributed by atoms with van der Waals surface area (Å²) in [6, 6.07) is 24.0. The van der Waals surface area contributed by atoms with E-state index < -0.39 is 0 Å². The first kappa shape index (κ1) is 19.3. The van der Waals surface area contributed by atoms with Gasteiger partial charge in [0.05, 0.1) is 17.9 Å². The Balaban J connectivity index is 1.62. The molecule has 0 aliphatic rings. The number of para-hydroxylation sites is 4. The van der Waals surface area contributed by atoms with Gasteiger partial charge in [-0.1, -0.05) is 42.5 Å². The van der Waals surface area contributed by atoms with Crippen molar-refractivity contribution in [3.8, 4) is 17.2 Å². The van der Waals surface area contributed by atoms with Gasteiger partial charge in [-0.15, -0.1) is 0 Å². The van der Waals surface area contributed by atoms with Crippen LogP contribution >= 0.6 is 0 Å². The minimum absolute atomic E-state index is 0.258. The Bertz CT molecular complexity index is 896. The Labute approximate surface area is 164 Å². The van der Waals surface area contributed by atoms with Gasteiger partial charge >= 0.3 is 0 Å². The van der Waals surface area contributed by atoms with Crippen LogP contribution in [-0.4, -0.2) is 25.7 Å². The van der Waals surface area contributed by atoms with Crippen molar-refractivity contribution in [3.63, 3.8) is 0 Å². The Kier molecular flexibility index (Phi) is 6.90. The minimum Gasteiger partial charge on any atom is -0.492 e. The molecule has 0 fully saturated rings. The molecule has 5 heteroatoms. The minimum atomic E-state index is -0.258. The zero-order chi connectivity index (χ0) is 19.6. The number of carbonyl (C=O) groups excluding carboxylic acids is 1. The maximum atomic E-state index is 12.8. The molecule has 28 heavy (non-hydrogen) atoms. The average molecular weight is 377 g/mol. The van der Waals surface area contributed by atoms with Crippen LogP contribution in [0.25, 0.3) is 0 Å². The number of rotatable bonds is 9. The molecule has 0 unspecified atom stereocenters. The highest BCUT2D eigenvalue weighted by molar-refractivity contribution is 6.06. The number of nitrogens with one attached hydrogen (secondary N) is 1. The molecule has 144 valence electrons. The molecule has 0 saturated carbocycles. The summed E-state index contributed by atoms with van der Waals surface area (Å²) in [4.78, 5) is 12.8. The highest BCUT2D eigenvalue weighted by atomic mass is 16.5. The third-order valence-electron chi connectivity index (χ3n) is 3.92. The predicted molar refractivity (Wildman–Crippen MR) is 109 cm³/mol. The van der Waals surface area contributed by atoms with Gasteiger partial charge in [0.15, 0.2) is 0 Å². The van der Waals surface area contributed by atoms with Crippen molar-refractivity contribution in [1.29, 1.82) is 0 Å². The Morgan fingerprint density at radius 3 is 2.18 bits per heavy atom. The molecule has 0 aliphatic carbocycles. The lowest BCUT2D eigenvalue weighted by atomic mass is 10.1. The Morgan fingerprint density at radius 1 is 0.750 bits per heavy atom. The van der Waals surface area contributed by atoms with Crippen LogP contribution in [0.15, 0.2) is 78.9 Å². The van der Waals surface area contributed by atoms with E-state index in [1.54, 1.807) is 24.3 Å². The van der Waals surface area contributed by atoms with Gasteiger partial charge in [0.25, 0.3) is 5.91 Å². The fraction of sp³-hybridized carbons (Fsp3) is 0.174. The molecule has 1 amide bonds. The first-order valence-corrected chi connectivity index (χ1v) is 9.21. The van der Waals surface area contributed by atoms with Crippen molar-refractivity contribution >= 4 is 11.6 Å². The van der Waals surface area contributed by atoms with Crippen molar-refractivity contribution < 1.29 is 19.0 Å². The summed E-state index contributed by atoms with van der Waals surface area (Å²) in [5.74, 6) is 1.66. The van der Waals surface area contributed by atoms with Crippen molar-refractivity contribution in [3.05, 3.63) is 84.4 Å². The van der Waals surface area contributed by atoms with E-state index in [1.807, 2.05) is 61.5 Å². The quantitative estimate of drug-likeness (QED) is 0.545. The van der Waals surface area contributed by atoms with Crippen LogP contribution in [0.1, 0.15) is 17.3 Å². The maximum Gasteiger partial charge on any atom is 0.259 e. The van der Waals surface area contributed by atoms with Gasteiger partial charge in [0.2, 0.25) is 0 Å². The molecule has 3 aromatic carbocycles. The van der Waals surface area contributed by atoms with Crippen molar-refractivity contribution in [2.24, 2.45) is 0 Å². The average Bonchev–Trinajstić information content (AvgIpc) is 2.74. The SMILES string of the molecule is CCOc1ccccc1NC(=O)c1ccccc1OCCOc1ccccc1. The largest absolute Gasteiger partial charge is 0.492 e. The van der Waals surface area contributed by atoms with Gasteiger partial charge in [0.1, 0.15) is 30.5 Å². The van der Waals surface area contributed by atoms with Crippen LogP contribution in [0, 0.1) is 0 Å². The highest BCUT2D eigenvalue weighted by Crippen LogP contribution is 2.26. The summed E-state index contributed by atoms with van der Waals surface area (Å²) in [6.07, 6.45) is 0. The number of anilines is 1. The van der Waals surface area contributed by atoms with Crippen LogP contribution in [0.4, 0.5) is 5.69 Å². The van der Waals surface area contributed by atoms with E-state index in [0.29, 0.717) is 42.6 Å². The summed E-state index contributed by atoms with van der Waals surface area (Å²) in [6.45, 7) is 3.13. The zero-order valence-corrected chi connectivity index (χ0v) is 15.8. The molecule has 0 aliphatic heterocycles. The molecule has 0 heterocycles. The van der Waals surface area contributed by atoms with E-state index in [2.05, 4.69) is 5.32 Å². The molecule has 5 nitrogen and oxygen atoms in total. The number of hydrogen-bond donors (Lipinski definition) is 1. The standard InChI is InChI=1S/C23H23NO4/c1-2-26-22-15-9-7-13-20(22)24-23(25)19-12-6-8-14-21(19)28-17-16-27-18-10-4-3-5-11-18/h3-15H,2,16-17H2,1H3,(H,24,25). The molecular formula is C23H23NO4. The van der Waals surface area contributed by atoms with Crippen LogP contribution in [0.5, 0.6) is 17.2 Å². The number of carbonyl (C=O) groups is 1. The number of benzene rings is 3. The highest BCUT2D eigenvalue weighted by Gasteiger charge is 2.14. The fourth-order valence-corrected chi connectivity index (χ4v) is 2.65. The monoisotopic (exact) mass is 377 g/mol. The van der Waals surface area contributed by atoms with Gasteiger partial charge < -0.3 is 19.5 Å². The second-order valence-corrected chi connectivity index (χ2v) is 5.89. The van der Waals surface area contributed by atoms with Crippen molar-refractivity contribution in [2.75, 3.05) is 25.1 Å². The Morgan fingerprint density at radius 2 is 1.39 bits per heavy atom. The van der Waals surface area contributed by atoms with Gasteiger partial charge in [-0.2, -0.15) is 0 Å². The second kappa shape index (κ2) is 10.0. The summed E-state index contributed by atoms with van der Waals surface area (Å²) in [5.41, 5.74) is 1.07. The van der Waals surface area contributed by atoms with E-state index in [0.717, 1.165) is 5.75 Å². The lowest BCUT2D eigenvalue weighted by Crippen LogP contribution is -2.16. The third kappa shape index (κ3) is 5.27. The van der Waals surface area contributed by atoms with Gasteiger partial charge in [-0.3, -0.25) is 4.79 Å². The second-order valence-electron chi connectivity index (χ2n) is 5.89. The van der Waals surface area contributed by atoms with Crippen molar-refractivity contribution in [2.45, 2.75) is 6.92 Å². The molecule has 3 rings (SSSR count). The molecule has 1 N–H and O–H groups in total. The summed E-state index contributed by atoms with van der Waals surface area (Å²) in [7, 11) is 0. The maximum absolute atomic E-state index is 12.8. The number of amides is 1. The number of hydrogen-bond acceptors (Lipinski definition) is 4. The summed E-state index contributed by atoms with van der Waals surface area (Å²) in [5, 5.41) is 2.89. The smallest absolute Gasteiger partial charge is 0.259 e. The molecule has 0 spiro atoms. The molecule has 3 aromatic rings. The third-order valence-corrected chi connectivity index (χ3v) is 3.92. The lowest BCUT2D eigenvalue weighted by molar-refractivity contribution is 0.102. The lowest BCUT2D eigenvalue weighted by Gasteiger charge is -2.14. The van der Waals surface area contributed by atoms with Gasteiger partial charge in [-0.25, -0.2) is 0 Å². The predicted octanol–water partition coefficient (Wildman–Crippen LogP) is 4.80. The number of ether oxygens (including phenoxy) is 3. The molecule has 0 bridgehead atoms. The molecule has 0 atom stereocenters. The first-order valence-electron chi connectivity index (χ1n) is 9.21. The van der Waals surface area contributed by atoms with E-state index >= 15 is 0 Å². The van der Waals surface area contributed by atoms with E-state index in [4.69, 9.17) is 14.2 Å². The Hall–Kier alpha value is -3.47. The van der Waals surface area contributed by atoms with Crippen LogP contribution in [0.2, 0.25) is 0 Å². The van der Waals surface area contributed by atoms with Crippen molar-refractivity contribution in [1.82, 2.24) is 0 Å². The first-order chi connectivity index (χ1) is 13.8. The van der Waals surface area contributed by atoms with Crippen LogP contribution < -0.4 is 19.5 Å². The normalized spacial score (nSPS) is 10.2. The summed E-state index contributed by atoms with van der Waals surface area (Å²) >= 11 is 0. The summed E-state index contributed by atoms with van der Waals surface area (Å²) < 4.78 is 17.0. The van der Waals surface area contributed by atoms with E-state index in [9.17, 15) is 4.79 Å². The van der Waals surface area contributed by atoms with Crippen LogP contribution in [-0.2, 0) is 0 Å². The van der Waals surface area contributed by atoms with Gasteiger partial charge in [0, 0.05) is 0 Å². The van der Waals surface area contributed by atoms with E-state index in [-0.39, 0.29) is 5.91 Å². The zero-order valence-electron chi connectivity index (χ0n) is 15.8. The molecule has 0 saturated heterocycles. The topological polar surface area (TPSA) is 56.8 Å². The molecule has 0 radical (unpaired) electrons. The van der Waals surface area contributed by atoms with Gasteiger partial charge in [-0.05, 0) is 43.3 Å². The van der Waals surface area contributed by atoms with E-state index in [1.165, 1.54) is 0 Å². The molecular weight excluding hydrogens is 354 g/mol. The van der Waals surface area contributed by atoms with Crippen LogP contribution in [0.3, 0.4) is 0 Å².